The van der Waals surface area contributed by atoms with Crippen LogP contribution >= 0.6 is 11.3 Å². The van der Waals surface area contributed by atoms with E-state index in [1.165, 1.54) is 4.68 Å². The normalized spacial score (nSPS) is 11.0. The van der Waals surface area contributed by atoms with E-state index in [-0.39, 0.29) is 16.3 Å². The minimum atomic E-state index is -0.791. The number of thiophene rings is 1. The summed E-state index contributed by atoms with van der Waals surface area (Å²) in [5.74, 6) is 0.0969. The van der Waals surface area contributed by atoms with Crippen molar-refractivity contribution < 1.29 is 18.7 Å². The van der Waals surface area contributed by atoms with Gasteiger partial charge in [-0.05, 0) is 34.2 Å². The van der Waals surface area contributed by atoms with E-state index in [4.69, 9.17) is 15.0 Å². The van der Waals surface area contributed by atoms with Crippen molar-refractivity contribution in [2.45, 2.75) is 0 Å². The maximum atomic E-state index is 13.4. The van der Waals surface area contributed by atoms with Crippen LogP contribution in [0.1, 0.15) is 15.4 Å². The summed E-state index contributed by atoms with van der Waals surface area (Å²) in [6, 6.07) is 20.2. The third-order valence-corrected chi connectivity index (χ3v) is 6.18. The summed E-state index contributed by atoms with van der Waals surface area (Å²) in [5, 5.41) is 3.14. The third-order valence-electron chi connectivity index (χ3n) is 5.06. The van der Waals surface area contributed by atoms with Gasteiger partial charge in [0.25, 0.3) is 5.78 Å². The quantitative estimate of drug-likeness (QED) is 0.317. The number of nitrogens with two attached hydrogens (primary N) is 1. The number of aromatic amines is 1. The molecule has 0 unspecified atom stereocenters. The fraction of sp³-hybridized carbons (Fsp3) is 0.0435. The summed E-state index contributed by atoms with van der Waals surface area (Å²) in [6.45, 7) is 0. The molecule has 5 aromatic rings. The summed E-state index contributed by atoms with van der Waals surface area (Å²) in [6.07, 6.45) is 0. The van der Waals surface area contributed by atoms with Crippen molar-refractivity contribution >= 4 is 33.0 Å². The highest BCUT2D eigenvalue weighted by molar-refractivity contribution is 7.21. The number of nitrogens with one attached hydrogen (secondary N) is 1. The van der Waals surface area contributed by atoms with Gasteiger partial charge in [-0.2, -0.15) is 0 Å². The van der Waals surface area contributed by atoms with Crippen LogP contribution in [0.4, 0.5) is 5.69 Å². The summed E-state index contributed by atoms with van der Waals surface area (Å²) in [5.41, 5.74) is 7.86. The first-order valence-electron chi connectivity index (χ1n) is 9.64. The van der Waals surface area contributed by atoms with Crippen LogP contribution < -0.4 is 20.8 Å². The van der Waals surface area contributed by atoms with E-state index in [2.05, 4.69) is 10.3 Å². The zero-order valence-corrected chi connectivity index (χ0v) is 17.7. The number of carbonyl (C=O) groups is 1. The molecule has 2 aromatic carbocycles. The average molecular weight is 445 g/mol. The number of nitrogen functional groups attached to an aromatic ring is 1. The Morgan fingerprint density at radius 2 is 1.84 bits per heavy atom. The van der Waals surface area contributed by atoms with Gasteiger partial charge >= 0.3 is 11.3 Å². The number of ether oxygens (including phenoxy) is 1. The Bertz CT molecular complexity index is 1500. The highest BCUT2D eigenvalue weighted by atomic mass is 32.1. The lowest BCUT2D eigenvalue weighted by molar-refractivity contribution is -0.672. The molecule has 0 spiro atoms. The number of pyridine rings is 1. The maximum absolute atomic E-state index is 13.4. The van der Waals surface area contributed by atoms with Gasteiger partial charge in [0, 0.05) is 23.1 Å². The van der Waals surface area contributed by atoms with Gasteiger partial charge in [0.1, 0.15) is 15.5 Å². The molecule has 3 N–H and O–H groups in total. The molecule has 0 radical (unpaired) electrons. The molecular formula is C23H17N4O4S+. The van der Waals surface area contributed by atoms with Crippen molar-refractivity contribution in [3.05, 3.63) is 87.7 Å². The number of anilines is 1. The van der Waals surface area contributed by atoms with E-state index in [1.807, 2.05) is 42.5 Å². The lowest BCUT2D eigenvalue weighted by Gasteiger charge is -2.00. The van der Waals surface area contributed by atoms with Crippen molar-refractivity contribution in [1.29, 1.82) is 0 Å². The number of hydrogen-bond donors (Lipinski definition) is 2. The van der Waals surface area contributed by atoms with E-state index in [0.29, 0.717) is 21.7 Å². The van der Waals surface area contributed by atoms with Gasteiger partial charge in [0.2, 0.25) is 5.69 Å². The molecule has 0 aliphatic heterocycles. The first kappa shape index (κ1) is 19.7. The van der Waals surface area contributed by atoms with Crippen LogP contribution in [-0.2, 0) is 0 Å². The standard InChI is InChI=1S/C23H16N4O4S/c1-30-15-9-7-14(8-10-15)27-19(23(29)31-26-27)20(28)21-18(24)16-11-12-17(25-22(16)32-21)13-5-3-2-4-6-13/h2-12H,1H3,(H2-,24,26,28,29)/p+1. The molecule has 0 saturated carbocycles. The fourth-order valence-corrected chi connectivity index (χ4v) is 4.46. The van der Waals surface area contributed by atoms with Crippen molar-refractivity contribution in [2.75, 3.05) is 12.8 Å². The molecule has 158 valence electrons. The molecule has 0 fully saturated rings. The van der Waals surface area contributed by atoms with E-state index < -0.39 is 11.4 Å². The summed E-state index contributed by atoms with van der Waals surface area (Å²) >= 11 is 1.14. The minimum Gasteiger partial charge on any atom is -0.497 e. The number of fused-ring (bicyclic) bond motifs is 1. The molecular weight excluding hydrogens is 428 g/mol. The average Bonchev–Trinajstić information content (AvgIpc) is 3.39. The van der Waals surface area contributed by atoms with Crippen molar-refractivity contribution in [2.24, 2.45) is 0 Å². The number of methoxy groups -OCH3 is 1. The van der Waals surface area contributed by atoms with Gasteiger partial charge in [-0.25, -0.2) is 9.78 Å². The summed E-state index contributed by atoms with van der Waals surface area (Å²) in [7, 11) is 1.55. The van der Waals surface area contributed by atoms with Gasteiger partial charge in [-0.15, -0.1) is 11.3 Å². The molecule has 32 heavy (non-hydrogen) atoms. The Kier molecular flexibility index (Phi) is 4.79. The topological polar surface area (TPSA) is 115 Å². The number of hydrogen-bond acceptors (Lipinski definition) is 7. The van der Waals surface area contributed by atoms with Crippen LogP contribution in [0.15, 0.2) is 76.0 Å². The van der Waals surface area contributed by atoms with Crippen LogP contribution in [0.3, 0.4) is 0 Å². The second kappa shape index (κ2) is 7.78. The molecule has 8 nitrogen and oxygen atoms in total. The van der Waals surface area contributed by atoms with Crippen LogP contribution in [0, 0.1) is 0 Å². The van der Waals surface area contributed by atoms with Gasteiger partial charge in [-0.1, -0.05) is 30.3 Å². The Morgan fingerprint density at radius 1 is 1.09 bits per heavy atom. The Labute approximate surface area is 185 Å². The Morgan fingerprint density at radius 3 is 2.56 bits per heavy atom. The minimum absolute atomic E-state index is 0.184. The van der Waals surface area contributed by atoms with Crippen molar-refractivity contribution in [3.8, 4) is 22.7 Å². The summed E-state index contributed by atoms with van der Waals surface area (Å²) in [4.78, 5) is 31.3. The smallest absolute Gasteiger partial charge is 0.439 e. The summed E-state index contributed by atoms with van der Waals surface area (Å²) < 4.78 is 11.4. The number of aromatic nitrogens is 3. The van der Waals surface area contributed by atoms with Gasteiger partial charge < -0.3 is 10.5 Å². The van der Waals surface area contributed by atoms with Crippen LogP contribution in [0.25, 0.3) is 27.2 Å². The van der Waals surface area contributed by atoms with Crippen molar-refractivity contribution in [1.82, 2.24) is 10.3 Å². The molecule has 5 rings (SSSR count). The third kappa shape index (κ3) is 3.25. The van der Waals surface area contributed by atoms with E-state index >= 15 is 0 Å². The zero-order chi connectivity index (χ0) is 22.2. The largest absolute Gasteiger partial charge is 0.497 e. The molecule has 0 aliphatic carbocycles. The van der Waals surface area contributed by atoms with E-state index in [1.54, 1.807) is 31.4 Å². The predicted molar refractivity (Wildman–Crippen MR) is 120 cm³/mol. The van der Waals surface area contributed by atoms with Crippen molar-refractivity contribution in [3.63, 3.8) is 0 Å². The number of rotatable bonds is 5. The molecule has 0 amide bonds. The first-order chi connectivity index (χ1) is 15.6. The second-order valence-electron chi connectivity index (χ2n) is 6.95. The molecule has 0 bridgehead atoms. The molecule has 0 atom stereocenters. The molecule has 3 aromatic heterocycles. The Hall–Kier alpha value is -4.24. The highest BCUT2D eigenvalue weighted by Gasteiger charge is 2.34. The Balaban J connectivity index is 1.59. The predicted octanol–water partition coefficient (Wildman–Crippen LogP) is 3.34. The van der Waals surface area contributed by atoms with Gasteiger partial charge in [0.15, 0.2) is 0 Å². The number of ketones is 1. The van der Waals surface area contributed by atoms with Gasteiger partial charge in [-0.3, -0.25) is 9.32 Å². The molecule has 9 heteroatoms. The monoisotopic (exact) mass is 445 g/mol. The lowest BCUT2D eigenvalue weighted by Crippen LogP contribution is -2.41. The van der Waals surface area contributed by atoms with E-state index in [0.717, 1.165) is 22.6 Å². The van der Waals surface area contributed by atoms with Crippen LogP contribution in [-0.4, -0.2) is 23.1 Å². The molecule has 0 saturated heterocycles. The first-order valence-corrected chi connectivity index (χ1v) is 10.5. The number of H-pyrrole nitrogens is 1. The highest BCUT2D eigenvalue weighted by Crippen LogP contribution is 2.35. The van der Waals surface area contributed by atoms with Crippen LogP contribution in [0.2, 0.25) is 0 Å². The maximum Gasteiger partial charge on any atom is 0.439 e. The zero-order valence-electron chi connectivity index (χ0n) is 16.9. The number of benzene rings is 2. The number of nitrogens with zero attached hydrogens (tertiary/aromatic N) is 2. The molecule has 0 aliphatic rings. The lowest BCUT2D eigenvalue weighted by atomic mass is 10.1. The fourth-order valence-electron chi connectivity index (χ4n) is 3.42. The second-order valence-corrected chi connectivity index (χ2v) is 7.95. The SMILES string of the molecule is COc1ccc(-[n+]2[nH]oc(=O)c2C(=O)c2sc3nc(-c4ccccc4)ccc3c2N)cc1. The number of carbonyl (C=O) groups excluding carboxylic acids is 1. The van der Waals surface area contributed by atoms with E-state index in [9.17, 15) is 9.59 Å². The van der Waals surface area contributed by atoms with Crippen LogP contribution in [0.5, 0.6) is 5.75 Å². The molecule has 3 heterocycles. The van der Waals surface area contributed by atoms with Gasteiger partial charge in [0.05, 0.1) is 18.5 Å².